The van der Waals surface area contributed by atoms with Crippen LogP contribution in [0.15, 0.2) is 30.5 Å². The second-order valence-electron chi connectivity index (χ2n) is 6.58. The van der Waals surface area contributed by atoms with Gasteiger partial charge in [-0.15, -0.1) is 0 Å². The minimum absolute atomic E-state index is 0.465. The molecule has 2 N–H and O–H groups in total. The largest absolute Gasteiger partial charge is 0.493 e. The molecule has 1 aliphatic rings. The van der Waals surface area contributed by atoms with Gasteiger partial charge in [-0.2, -0.15) is 4.98 Å². The number of ether oxygens (including phenoxy) is 2. The van der Waals surface area contributed by atoms with Crippen molar-refractivity contribution in [2.75, 3.05) is 51.0 Å². The zero-order chi connectivity index (χ0) is 18.4. The van der Waals surface area contributed by atoms with Crippen molar-refractivity contribution in [3.05, 3.63) is 30.5 Å². The summed E-state index contributed by atoms with van der Waals surface area (Å²) >= 11 is 0. The summed E-state index contributed by atoms with van der Waals surface area (Å²) in [6.45, 7) is 6.36. The molecule has 1 aromatic carbocycles. The first-order valence-corrected chi connectivity index (χ1v) is 8.99. The van der Waals surface area contributed by atoms with E-state index in [9.17, 15) is 0 Å². The summed E-state index contributed by atoms with van der Waals surface area (Å²) in [7, 11) is 3.48. The van der Waals surface area contributed by atoms with E-state index in [1.807, 2.05) is 31.3 Å². The minimum atomic E-state index is 0.465. The van der Waals surface area contributed by atoms with Gasteiger partial charge in [0.25, 0.3) is 0 Å². The SMILES string of the molecule is CNc1ccnc(Nc2ccc(OC)c(OCC(C)CN3CCC3)c2)n1. The molecule has 1 atom stereocenters. The highest BCUT2D eigenvalue weighted by Gasteiger charge is 2.17. The summed E-state index contributed by atoms with van der Waals surface area (Å²) in [6.07, 6.45) is 3.02. The summed E-state index contributed by atoms with van der Waals surface area (Å²) in [5, 5.41) is 6.20. The smallest absolute Gasteiger partial charge is 0.229 e. The summed E-state index contributed by atoms with van der Waals surface area (Å²) in [5.41, 5.74) is 0.851. The number of hydrogen-bond donors (Lipinski definition) is 2. The molecular formula is C19H27N5O2. The second-order valence-corrected chi connectivity index (χ2v) is 6.58. The maximum Gasteiger partial charge on any atom is 0.229 e. The molecule has 3 rings (SSSR count). The van der Waals surface area contributed by atoms with E-state index in [4.69, 9.17) is 9.47 Å². The zero-order valence-electron chi connectivity index (χ0n) is 15.7. The standard InChI is InChI=1S/C19H27N5O2/c1-14(12-24-9-4-10-24)13-26-17-11-15(5-6-16(17)25-3)22-19-21-8-7-18(20-2)23-19/h5-8,11,14H,4,9-10,12-13H2,1-3H3,(H2,20,21,22,23). The van der Waals surface area contributed by atoms with Crippen molar-refractivity contribution in [3.63, 3.8) is 0 Å². The van der Waals surface area contributed by atoms with Crippen LogP contribution in [0, 0.1) is 5.92 Å². The number of nitrogens with one attached hydrogen (secondary N) is 2. The van der Waals surface area contributed by atoms with E-state index in [-0.39, 0.29) is 0 Å². The van der Waals surface area contributed by atoms with Crippen LogP contribution in [-0.2, 0) is 0 Å². The Kier molecular flexibility index (Phi) is 6.12. The van der Waals surface area contributed by atoms with Crippen LogP contribution >= 0.6 is 0 Å². The molecule has 1 unspecified atom stereocenters. The van der Waals surface area contributed by atoms with Gasteiger partial charge in [-0.25, -0.2) is 4.98 Å². The first kappa shape index (κ1) is 18.3. The van der Waals surface area contributed by atoms with E-state index in [2.05, 4.69) is 32.4 Å². The van der Waals surface area contributed by atoms with Gasteiger partial charge < -0.3 is 25.0 Å². The number of methoxy groups -OCH3 is 1. The number of anilines is 3. The molecule has 0 radical (unpaired) electrons. The summed E-state index contributed by atoms with van der Waals surface area (Å²) < 4.78 is 11.5. The van der Waals surface area contributed by atoms with Crippen molar-refractivity contribution in [1.29, 1.82) is 0 Å². The number of rotatable bonds is 9. The van der Waals surface area contributed by atoms with Gasteiger partial charge in [-0.1, -0.05) is 6.92 Å². The lowest BCUT2D eigenvalue weighted by molar-refractivity contribution is 0.131. The van der Waals surface area contributed by atoms with Gasteiger partial charge in [-0.3, -0.25) is 0 Å². The van der Waals surface area contributed by atoms with Crippen LogP contribution in [0.2, 0.25) is 0 Å². The van der Waals surface area contributed by atoms with E-state index < -0.39 is 0 Å². The third kappa shape index (κ3) is 4.76. The highest BCUT2D eigenvalue weighted by molar-refractivity contribution is 5.60. The van der Waals surface area contributed by atoms with Crippen LogP contribution in [-0.4, -0.2) is 55.3 Å². The predicted octanol–water partition coefficient (Wildman–Crippen LogP) is 2.99. The molecule has 0 amide bonds. The highest BCUT2D eigenvalue weighted by Crippen LogP contribution is 2.31. The summed E-state index contributed by atoms with van der Waals surface area (Å²) in [6, 6.07) is 7.54. The van der Waals surface area contributed by atoms with Crippen LogP contribution in [0.4, 0.5) is 17.5 Å². The fourth-order valence-corrected chi connectivity index (χ4v) is 2.84. The molecule has 1 saturated heterocycles. The van der Waals surface area contributed by atoms with E-state index in [1.54, 1.807) is 13.3 Å². The minimum Gasteiger partial charge on any atom is -0.493 e. The molecule has 0 bridgehead atoms. The molecule has 0 saturated carbocycles. The van der Waals surface area contributed by atoms with Crippen LogP contribution < -0.4 is 20.1 Å². The number of aromatic nitrogens is 2. The van der Waals surface area contributed by atoms with E-state index in [0.29, 0.717) is 18.5 Å². The van der Waals surface area contributed by atoms with Crippen molar-refractivity contribution in [3.8, 4) is 11.5 Å². The molecule has 2 heterocycles. The number of hydrogen-bond acceptors (Lipinski definition) is 7. The molecule has 7 heteroatoms. The van der Waals surface area contributed by atoms with Crippen LogP contribution in [0.3, 0.4) is 0 Å². The van der Waals surface area contributed by atoms with Gasteiger partial charge in [0.2, 0.25) is 5.95 Å². The Morgan fingerprint density at radius 3 is 2.77 bits per heavy atom. The Hall–Kier alpha value is -2.54. The third-order valence-corrected chi connectivity index (χ3v) is 4.37. The van der Waals surface area contributed by atoms with Gasteiger partial charge in [0, 0.05) is 37.5 Å². The average molecular weight is 357 g/mol. The number of benzene rings is 1. The van der Waals surface area contributed by atoms with Crippen LogP contribution in [0.25, 0.3) is 0 Å². The van der Waals surface area contributed by atoms with Crippen LogP contribution in [0.5, 0.6) is 11.5 Å². The number of likely N-dealkylation sites (tertiary alicyclic amines) is 1. The normalized spacial score (nSPS) is 15.0. The fraction of sp³-hybridized carbons (Fsp3) is 0.474. The van der Waals surface area contributed by atoms with Crippen molar-refractivity contribution >= 4 is 17.5 Å². The Morgan fingerprint density at radius 2 is 2.08 bits per heavy atom. The second kappa shape index (κ2) is 8.71. The molecule has 0 spiro atoms. The maximum absolute atomic E-state index is 6.04. The Bertz CT molecular complexity index is 721. The summed E-state index contributed by atoms with van der Waals surface area (Å²) in [5.74, 6) is 3.19. The van der Waals surface area contributed by atoms with Crippen molar-refractivity contribution < 1.29 is 9.47 Å². The van der Waals surface area contributed by atoms with E-state index in [0.717, 1.165) is 29.5 Å². The monoisotopic (exact) mass is 357 g/mol. The molecule has 26 heavy (non-hydrogen) atoms. The average Bonchev–Trinajstić information content (AvgIpc) is 2.63. The molecule has 2 aromatic rings. The Balaban J connectivity index is 1.65. The van der Waals surface area contributed by atoms with Crippen molar-refractivity contribution in [2.24, 2.45) is 5.92 Å². The van der Waals surface area contributed by atoms with E-state index >= 15 is 0 Å². The maximum atomic E-state index is 6.04. The van der Waals surface area contributed by atoms with Gasteiger partial charge in [0.1, 0.15) is 5.82 Å². The fourth-order valence-electron chi connectivity index (χ4n) is 2.84. The predicted molar refractivity (Wildman–Crippen MR) is 104 cm³/mol. The molecule has 7 nitrogen and oxygen atoms in total. The molecular weight excluding hydrogens is 330 g/mol. The van der Waals surface area contributed by atoms with E-state index in [1.165, 1.54) is 19.5 Å². The van der Waals surface area contributed by atoms with Gasteiger partial charge >= 0.3 is 0 Å². The van der Waals surface area contributed by atoms with Gasteiger partial charge in [-0.05, 0) is 37.7 Å². The number of nitrogens with zero attached hydrogens (tertiary/aromatic N) is 3. The first-order chi connectivity index (χ1) is 12.7. The molecule has 1 aliphatic heterocycles. The highest BCUT2D eigenvalue weighted by atomic mass is 16.5. The lowest BCUT2D eigenvalue weighted by Crippen LogP contribution is -2.41. The molecule has 0 aliphatic carbocycles. The molecule has 1 aromatic heterocycles. The molecule has 1 fully saturated rings. The first-order valence-electron chi connectivity index (χ1n) is 8.99. The third-order valence-electron chi connectivity index (χ3n) is 4.37. The Morgan fingerprint density at radius 1 is 1.23 bits per heavy atom. The summed E-state index contributed by atoms with van der Waals surface area (Å²) in [4.78, 5) is 11.1. The Labute approximate surface area is 154 Å². The quantitative estimate of drug-likeness (QED) is 0.715. The zero-order valence-corrected chi connectivity index (χ0v) is 15.7. The lowest BCUT2D eigenvalue weighted by Gasteiger charge is -2.33. The lowest BCUT2D eigenvalue weighted by atomic mass is 10.1. The molecule has 140 valence electrons. The van der Waals surface area contributed by atoms with Crippen LogP contribution in [0.1, 0.15) is 13.3 Å². The van der Waals surface area contributed by atoms with Gasteiger partial charge in [0.15, 0.2) is 11.5 Å². The van der Waals surface area contributed by atoms with Gasteiger partial charge in [0.05, 0.1) is 13.7 Å². The topological polar surface area (TPSA) is 71.5 Å². The van der Waals surface area contributed by atoms with Crippen molar-refractivity contribution in [2.45, 2.75) is 13.3 Å². The van der Waals surface area contributed by atoms with Crippen molar-refractivity contribution in [1.82, 2.24) is 14.9 Å².